The van der Waals surface area contributed by atoms with Crippen LogP contribution < -0.4 is 5.56 Å². The maximum absolute atomic E-state index is 12.7. The van der Waals surface area contributed by atoms with Gasteiger partial charge in [-0.05, 0) is 11.8 Å². The molecular formula is C17H13ClN4OS4. The number of benzene rings is 1. The second kappa shape index (κ2) is 8.32. The van der Waals surface area contributed by atoms with Crippen LogP contribution >= 0.6 is 57.8 Å². The third kappa shape index (κ3) is 4.07. The zero-order valence-corrected chi connectivity index (χ0v) is 18.1. The molecule has 27 heavy (non-hydrogen) atoms. The molecule has 0 radical (unpaired) electrons. The zero-order valence-electron chi connectivity index (χ0n) is 14.1. The first kappa shape index (κ1) is 18.9. The fourth-order valence-electron chi connectivity index (χ4n) is 2.51. The van der Waals surface area contributed by atoms with E-state index in [4.69, 9.17) is 11.6 Å². The Labute approximate surface area is 176 Å². The van der Waals surface area contributed by atoms with Gasteiger partial charge in [-0.1, -0.05) is 71.6 Å². The minimum Gasteiger partial charge on any atom is -0.309 e. The van der Waals surface area contributed by atoms with Gasteiger partial charge in [-0.3, -0.25) is 4.79 Å². The van der Waals surface area contributed by atoms with Crippen molar-refractivity contribution in [3.63, 3.8) is 0 Å². The van der Waals surface area contributed by atoms with Crippen molar-refractivity contribution in [1.29, 1.82) is 0 Å². The topological polar surface area (TPSA) is 71.5 Å². The molecule has 4 rings (SSSR count). The maximum atomic E-state index is 12.7. The summed E-state index contributed by atoms with van der Waals surface area (Å²) in [5, 5.41) is 11.4. The van der Waals surface area contributed by atoms with E-state index in [1.165, 1.54) is 23.1 Å². The number of halogens is 1. The molecule has 0 unspecified atom stereocenters. The van der Waals surface area contributed by atoms with Crippen molar-refractivity contribution in [2.45, 2.75) is 21.4 Å². The van der Waals surface area contributed by atoms with E-state index in [2.05, 4.69) is 27.1 Å². The van der Waals surface area contributed by atoms with Gasteiger partial charge in [0.2, 0.25) is 0 Å². The number of aromatic amines is 1. The Morgan fingerprint density at radius 3 is 2.70 bits per heavy atom. The molecule has 1 N–H and O–H groups in total. The van der Waals surface area contributed by atoms with Crippen molar-refractivity contribution in [1.82, 2.24) is 20.2 Å². The Kier molecular flexibility index (Phi) is 5.84. The zero-order chi connectivity index (χ0) is 18.8. The molecule has 0 atom stereocenters. The highest BCUT2D eigenvalue weighted by atomic mass is 35.5. The van der Waals surface area contributed by atoms with Crippen LogP contribution in [0.25, 0.3) is 21.3 Å². The molecule has 0 aliphatic heterocycles. The van der Waals surface area contributed by atoms with E-state index in [0.29, 0.717) is 26.8 Å². The summed E-state index contributed by atoms with van der Waals surface area (Å²) in [6.45, 7) is 2.08. The molecule has 5 nitrogen and oxygen atoms in total. The molecular weight excluding hydrogens is 440 g/mol. The Bertz CT molecular complexity index is 1150. The van der Waals surface area contributed by atoms with Crippen molar-refractivity contribution in [3.8, 4) is 11.1 Å². The van der Waals surface area contributed by atoms with E-state index in [9.17, 15) is 4.79 Å². The summed E-state index contributed by atoms with van der Waals surface area (Å²) in [5.74, 6) is 2.14. The van der Waals surface area contributed by atoms with Crippen LogP contribution in [0, 0.1) is 0 Å². The van der Waals surface area contributed by atoms with Gasteiger partial charge in [0.1, 0.15) is 10.7 Å². The number of nitrogens with zero attached hydrogens (tertiary/aromatic N) is 3. The number of nitrogens with one attached hydrogen (secondary N) is 1. The van der Waals surface area contributed by atoms with Gasteiger partial charge >= 0.3 is 0 Å². The highest BCUT2D eigenvalue weighted by molar-refractivity contribution is 8.02. The van der Waals surface area contributed by atoms with Gasteiger partial charge in [0.25, 0.3) is 5.56 Å². The lowest BCUT2D eigenvalue weighted by Gasteiger charge is -2.03. The van der Waals surface area contributed by atoms with Crippen molar-refractivity contribution >= 4 is 68.0 Å². The van der Waals surface area contributed by atoms with Crippen molar-refractivity contribution < 1.29 is 0 Å². The Hall–Kier alpha value is -1.39. The van der Waals surface area contributed by atoms with E-state index in [1.54, 1.807) is 23.1 Å². The first-order valence-electron chi connectivity index (χ1n) is 8.00. The summed E-state index contributed by atoms with van der Waals surface area (Å²) in [7, 11) is 0. The van der Waals surface area contributed by atoms with Crippen LogP contribution in [0.4, 0.5) is 0 Å². The lowest BCUT2D eigenvalue weighted by Crippen LogP contribution is -2.10. The molecule has 0 aliphatic carbocycles. The minimum absolute atomic E-state index is 0.147. The standard InChI is InChI=1S/C17H13ClN4OS4/c1-2-24-16-21-22-17(27-16)26-8-12-19-14(23)13-10(7-25-15(13)20-12)9-5-3-4-6-11(9)18/h3-7H,2,8H2,1H3,(H,19,20,23). The second-order valence-electron chi connectivity index (χ2n) is 5.38. The molecule has 138 valence electrons. The number of thioether (sulfide) groups is 2. The predicted octanol–water partition coefficient (Wildman–Crippen LogP) is 5.56. The molecule has 3 heterocycles. The summed E-state index contributed by atoms with van der Waals surface area (Å²) >= 11 is 12.5. The van der Waals surface area contributed by atoms with E-state index in [0.717, 1.165) is 25.6 Å². The largest absolute Gasteiger partial charge is 0.309 e. The molecule has 0 saturated carbocycles. The van der Waals surface area contributed by atoms with Gasteiger partial charge in [-0.15, -0.1) is 21.5 Å². The monoisotopic (exact) mass is 452 g/mol. The molecule has 1 aromatic carbocycles. The van der Waals surface area contributed by atoms with Gasteiger partial charge in [0.15, 0.2) is 8.68 Å². The Morgan fingerprint density at radius 2 is 1.93 bits per heavy atom. The third-order valence-electron chi connectivity index (χ3n) is 3.65. The molecule has 0 bridgehead atoms. The fraction of sp³-hybridized carbons (Fsp3) is 0.176. The molecule has 0 spiro atoms. The number of rotatable bonds is 6. The molecule has 3 aromatic heterocycles. The van der Waals surface area contributed by atoms with Crippen molar-refractivity contribution in [3.05, 3.63) is 50.8 Å². The van der Waals surface area contributed by atoms with E-state index >= 15 is 0 Å². The molecule has 0 saturated heterocycles. The van der Waals surface area contributed by atoms with Gasteiger partial charge in [-0.2, -0.15) is 0 Å². The highest BCUT2D eigenvalue weighted by Crippen LogP contribution is 2.35. The number of fused-ring (bicyclic) bond motifs is 1. The van der Waals surface area contributed by atoms with Gasteiger partial charge in [0.05, 0.1) is 11.1 Å². The smallest absolute Gasteiger partial charge is 0.260 e. The highest BCUT2D eigenvalue weighted by Gasteiger charge is 2.15. The van der Waals surface area contributed by atoms with Crippen LogP contribution in [-0.4, -0.2) is 25.9 Å². The van der Waals surface area contributed by atoms with Crippen LogP contribution in [0.15, 0.2) is 43.1 Å². The quantitative estimate of drug-likeness (QED) is 0.386. The molecule has 10 heteroatoms. The van der Waals surface area contributed by atoms with Crippen LogP contribution in [0.2, 0.25) is 5.02 Å². The maximum Gasteiger partial charge on any atom is 0.260 e. The normalized spacial score (nSPS) is 11.3. The number of hydrogen-bond donors (Lipinski definition) is 1. The molecule has 0 aliphatic rings. The third-order valence-corrected chi connectivity index (χ3v) is 7.93. The molecule has 4 aromatic rings. The molecule has 0 fully saturated rings. The molecule has 0 amide bonds. The first-order chi connectivity index (χ1) is 13.2. The summed E-state index contributed by atoms with van der Waals surface area (Å²) in [4.78, 5) is 20.9. The first-order valence-corrected chi connectivity index (χ1v) is 12.0. The SMILES string of the molecule is CCSc1nnc(SCc2nc3scc(-c4ccccc4Cl)c3c(=O)[nH]2)s1. The van der Waals surface area contributed by atoms with Crippen LogP contribution in [0.3, 0.4) is 0 Å². The van der Waals surface area contributed by atoms with Crippen LogP contribution in [0.1, 0.15) is 12.7 Å². The summed E-state index contributed by atoms with van der Waals surface area (Å²) in [6.07, 6.45) is 0. The van der Waals surface area contributed by atoms with E-state index in [-0.39, 0.29) is 5.56 Å². The Morgan fingerprint density at radius 1 is 1.15 bits per heavy atom. The fourth-order valence-corrected chi connectivity index (χ4v) is 6.49. The number of hydrogen-bond acceptors (Lipinski definition) is 8. The average Bonchev–Trinajstić information content (AvgIpc) is 3.28. The second-order valence-corrected chi connectivity index (χ2v) is 10.4. The van der Waals surface area contributed by atoms with Crippen LogP contribution in [0.5, 0.6) is 0 Å². The summed E-state index contributed by atoms with van der Waals surface area (Å²) < 4.78 is 1.83. The van der Waals surface area contributed by atoms with Crippen molar-refractivity contribution in [2.24, 2.45) is 0 Å². The van der Waals surface area contributed by atoms with Crippen LogP contribution in [-0.2, 0) is 5.75 Å². The minimum atomic E-state index is -0.147. The summed E-state index contributed by atoms with van der Waals surface area (Å²) in [6, 6.07) is 7.51. The van der Waals surface area contributed by atoms with Gasteiger partial charge in [0, 0.05) is 21.5 Å². The van der Waals surface area contributed by atoms with E-state index in [1.807, 2.05) is 29.6 Å². The van der Waals surface area contributed by atoms with Gasteiger partial charge < -0.3 is 4.98 Å². The average molecular weight is 453 g/mol. The lowest BCUT2D eigenvalue weighted by molar-refractivity contribution is 0.952. The van der Waals surface area contributed by atoms with Gasteiger partial charge in [-0.25, -0.2) is 4.98 Å². The summed E-state index contributed by atoms with van der Waals surface area (Å²) in [5.41, 5.74) is 1.51. The van der Waals surface area contributed by atoms with Crippen molar-refractivity contribution in [2.75, 3.05) is 5.75 Å². The van der Waals surface area contributed by atoms with E-state index < -0.39 is 0 Å². The Balaban J connectivity index is 1.61. The lowest BCUT2D eigenvalue weighted by atomic mass is 10.1. The number of H-pyrrole nitrogens is 1. The number of thiophene rings is 1. The number of aromatic nitrogens is 4. The predicted molar refractivity (Wildman–Crippen MR) is 117 cm³/mol.